The van der Waals surface area contributed by atoms with Gasteiger partial charge < -0.3 is 5.32 Å². The Kier molecular flexibility index (Phi) is 3.54. The summed E-state index contributed by atoms with van der Waals surface area (Å²) in [6.45, 7) is 9.37. The van der Waals surface area contributed by atoms with Crippen molar-refractivity contribution in [3.05, 3.63) is 17.3 Å². The summed E-state index contributed by atoms with van der Waals surface area (Å²) < 4.78 is 0. The number of nitrogens with one attached hydrogen (secondary N) is 1. The second-order valence-electron chi connectivity index (χ2n) is 7.00. The van der Waals surface area contributed by atoms with Gasteiger partial charge in [-0.25, -0.2) is 0 Å². The Bertz CT molecular complexity index is 396. The van der Waals surface area contributed by atoms with Crippen LogP contribution in [0.15, 0.2) is 12.1 Å². The molecule has 1 aliphatic rings. The number of nitrogens with zero attached hydrogens (tertiary/aromatic N) is 2. The average Bonchev–Trinajstić information content (AvgIpc) is 2.16. The van der Waals surface area contributed by atoms with Crippen molar-refractivity contribution in [3.63, 3.8) is 0 Å². The Labute approximate surface area is 114 Å². The van der Waals surface area contributed by atoms with Crippen LogP contribution in [0, 0.1) is 10.8 Å². The molecule has 0 spiro atoms. The Morgan fingerprint density at radius 2 is 1.72 bits per heavy atom. The summed E-state index contributed by atoms with van der Waals surface area (Å²) >= 11 is 5.74. The first-order valence-corrected chi connectivity index (χ1v) is 6.89. The Morgan fingerprint density at radius 1 is 1.11 bits per heavy atom. The zero-order chi connectivity index (χ0) is 13.4. The van der Waals surface area contributed by atoms with E-state index in [0.717, 1.165) is 5.82 Å². The van der Waals surface area contributed by atoms with Crippen molar-refractivity contribution in [1.82, 2.24) is 10.2 Å². The summed E-state index contributed by atoms with van der Waals surface area (Å²) in [5.74, 6) is 0.818. The molecule has 4 heteroatoms. The fourth-order valence-electron chi connectivity index (χ4n) is 3.55. The van der Waals surface area contributed by atoms with E-state index in [0.29, 0.717) is 22.0 Å². The van der Waals surface area contributed by atoms with Crippen LogP contribution < -0.4 is 5.32 Å². The molecule has 1 N–H and O–H groups in total. The van der Waals surface area contributed by atoms with Crippen LogP contribution in [0.25, 0.3) is 0 Å². The third kappa shape index (κ3) is 3.58. The van der Waals surface area contributed by atoms with E-state index in [-0.39, 0.29) is 0 Å². The number of rotatable bonds is 2. The van der Waals surface area contributed by atoms with Gasteiger partial charge in [-0.15, -0.1) is 10.2 Å². The third-order valence-electron chi connectivity index (χ3n) is 3.54. The maximum absolute atomic E-state index is 5.74. The van der Waals surface area contributed by atoms with Crippen LogP contribution in [0.5, 0.6) is 0 Å². The summed E-state index contributed by atoms with van der Waals surface area (Å²) in [6.07, 6.45) is 3.60. The molecule has 0 amide bonds. The Hall–Kier alpha value is -0.830. The molecule has 3 nitrogen and oxygen atoms in total. The molecule has 0 atom stereocenters. The van der Waals surface area contributed by atoms with Gasteiger partial charge >= 0.3 is 0 Å². The third-order valence-corrected chi connectivity index (χ3v) is 3.74. The van der Waals surface area contributed by atoms with Gasteiger partial charge in [-0.2, -0.15) is 0 Å². The lowest BCUT2D eigenvalue weighted by molar-refractivity contribution is 0.105. The second kappa shape index (κ2) is 4.69. The highest BCUT2D eigenvalue weighted by Gasteiger charge is 2.38. The van der Waals surface area contributed by atoms with Gasteiger partial charge in [0.1, 0.15) is 5.82 Å². The molecule has 0 radical (unpaired) electrons. The van der Waals surface area contributed by atoms with Crippen molar-refractivity contribution in [3.8, 4) is 0 Å². The van der Waals surface area contributed by atoms with Crippen LogP contribution in [0.4, 0.5) is 5.82 Å². The van der Waals surface area contributed by atoms with Crippen LogP contribution >= 0.6 is 11.6 Å². The molecule has 0 unspecified atom stereocenters. The zero-order valence-corrected chi connectivity index (χ0v) is 12.4. The summed E-state index contributed by atoms with van der Waals surface area (Å²) in [6, 6.07) is 4.12. The predicted octanol–water partition coefficient (Wildman–Crippen LogP) is 4.15. The highest BCUT2D eigenvalue weighted by molar-refractivity contribution is 6.29. The molecule has 1 fully saturated rings. The van der Waals surface area contributed by atoms with Crippen LogP contribution in [-0.4, -0.2) is 16.2 Å². The number of halogens is 1. The van der Waals surface area contributed by atoms with Crippen LogP contribution in [-0.2, 0) is 0 Å². The van der Waals surface area contributed by atoms with E-state index in [1.165, 1.54) is 19.3 Å². The van der Waals surface area contributed by atoms with Gasteiger partial charge in [0, 0.05) is 6.04 Å². The minimum Gasteiger partial charge on any atom is -0.366 e. The first-order chi connectivity index (χ1) is 8.26. The number of hydrogen-bond donors (Lipinski definition) is 1. The first kappa shape index (κ1) is 13.6. The predicted molar refractivity (Wildman–Crippen MR) is 75.9 cm³/mol. The monoisotopic (exact) mass is 267 g/mol. The largest absolute Gasteiger partial charge is 0.366 e. The standard InChI is InChI=1S/C14H22ClN3/c1-13(2)7-10(8-14(3,4)9-13)16-12-6-5-11(15)17-18-12/h5-6,10H,7-9H2,1-4H3,(H,16,18). The molecule has 18 heavy (non-hydrogen) atoms. The van der Waals surface area contributed by atoms with E-state index in [2.05, 4.69) is 43.2 Å². The van der Waals surface area contributed by atoms with Gasteiger partial charge in [0.2, 0.25) is 0 Å². The Morgan fingerprint density at radius 3 is 2.22 bits per heavy atom. The van der Waals surface area contributed by atoms with Gasteiger partial charge in [0.15, 0.2) is 5.15 Å². The highest BCUT2D eigenvalue weighted by Crippen LogP contribution is 2.46. The lowest BCUT2D eigenvalue weighted by atomic mass is 9.63. The van der Waals surface area contributed by atoms with Gasteiger partial charge in [-0.05, 0) is 42.2 Å². The van der Waals surface area contributed by atoms with E-state index in [1.54, 1.807) is 6.07 Å². The van der Waals surface area contributed by atoms with Crippen LogP contribution in [0.3, 0.4) is 0 Å². The van der Waals surface area contributed by atoms with Gasteiger partial charge in [0.05, 0.1) is 0 Å². The minimum absolute atomic E-state index is 0.374. The fraction of sp³-hybridized carbons (Fsp3) is 0.714. The normalized spacial score (nSPS) is 22.7. The minimum atomic E-state index is 0.374. The lowest BCUT2D eigenvalue weighted by Gasteiger charge is -2.45. The first-order valence-electron chi connectivity index (χ1n) is 6.52. The molecule has 1 aliphatic carbocycles. The second-order valence-corrected chi connectivity index (χ2v) is 7.38. The van der Waals surface area contributed by atoms with Gasteiger partial charge in [0.25, 0.3) is 0 Å². The van der Waals surface area contributed by atoms with Crippen molar-refractivity contribution in [1.29, 1.82) is 0 Å². The van der Waals surface area contributed by atoms with E-state index in [1.807, 2.05) is 6.07 Å². The average molecular weight is 268 g/mol. The molecule has 0 bridgehead atoms. The highest BCUT2D eigenvalue weighted by atomic mass is 35.5. The molecular formula is C14H22ClN3. The number of anilines is 1. The summed E-state index contributed by atoms with van der Waals surface area (Å²) in [5.41, 5.74) is 0.749. The lowest BCUT2D eigenvalue weighted by Crippen LogP contribution is -2.40. The molecule has 1 saturated carbocycles. The molecule has 1 heterocycles. The van der Waals surface area contributed by atoms with Crippen molar-refractivity contribution >= 4 is 17.4 Å². The summed E-state index contributed by atoms with van der Waals surface area (Å²) in [7, 11) is 0. The maximum Gasteiger partial charge on any atom is 0.151 e. The molecule has 0 aromatic carbocycles. The fourth-order valence-corrected chi connectivity index (χ4v) is 3.65. The maximum atomic E-state index is 5.74. The SMILES string of the molecule is CC1(C)CC(Nc2ccc(Cl)nn2)CC(C)(C)C1. The molecule has 1 aromatic heterocycles. The zero-order valence-electron chi connectivity index (χ0n) is 11.6. The number of aromatic nitrogens is 2. The van der Waals surface area contributed by atoms with E-state index >= 15 is 0 Å². The molecule has 0 aliphatic heterocycles. The van der Waals surface area contributed by atoms with E-state index in [9.17, 15) is 0 Å². The van der Waals surface area contributed by atoms with Crippen LogP contribution in [0.1, 0.15) is 47.0 Å². The molecule has 0 saturated heterocycles. The molecule has 2 rings (SSSR count). The Balaban J connectivity index is 2.07. The number of hydrogen-bond acceptors (Lipinski definition) is 3. The molecule has 1 aromatic rings. The quantitative estimate of drug-likeness (QED) is 0.875. The molecular weight excluding hydrogens is 246 g/mol. The van der Waals surface area contributed by atoms with Crippen molar-refractivity contribution < 1.29 is 0 Å². The van der Waals surface area contributed by atoms with E-state index < -0.39 is 0 Å². The van der Waals surface area contributed by atoms with Crippen LogP contribution in [0.2, 0.25) is 5.15 Å². The van der Waals surface area contributed by atoms with Gasteiger partial charge in [-0.3, -0.25) is 0 Å². The van der Waals surface area contributed by atoms with Crippen molar-refractivity contribution in [2.75, 3.05) is 5.32 Å². The smallest absolute Gasteiger partial charge is 0.151 e. The molecule has 100 valence electrons. The van der Waals surface area contributed by atoms with Gasteiger partial charge in [-0.1, -0.05) is 39.3 Å². The summed E-state index contributed by atoms with van der Waals surface area (Å²) in [5, 5.41) is 11.9. The van der Waals surface area contributed by atoms with Crippen molar-refractivity contribution in [2.45, 2.75) is 53.0 Å². The van der Waals surface area contributed by atoms with E-state index in [4.69, 9.17) is 11.6 Å². The van der Waals surface area contributed by atoms with Crippen molar-refractivity contribution in [2.24, 2.45) is 10.8 Å². The topological polar surface area (TPSA) is 37.8 Å². The summed E-state index contributed by atoms with van der Waals surface area (Å²) in [4.78, 5) is 0.